The summed E-state index contributed by atoms with van der Waals surface area (Å²) in [7, 11) is -3.21. The second-order valence-corrected chi connectivity index (χ2v) is 10.0. The average molecular weight is 365 g/mol. The number of rotatable bonds is 5. The quantitative estimate of drug-likeness (QED) is 0.773. The molecule has 2 aliphatic heterocycles. The minimum absolute atomic E-state index is 0.0944. The minimum Gasteiger partial charge on any atom is -0.463 e. The van der Waals surface area contributed by atoms with E-state index < -0.39 is 14.6 Å². The highest BCUT2D eigenvalue weighted by molar-refractivity contribution is 7.93. The maximum Gasteiger partial charge on any atom is 0.316 e. The molecule has 4 rings (SSSR count). The van der Waals surface area contributed by atoms with E-state index in [1.54, 1.807) is 17.2 Å². The maximum atomic E-state index is 12.6. The third kappa shape index (κ3) is 3.01. The summed E-state index contributed by atoms with van der Waals surface area (Å²) in [6.07, 6.45) is 5.00. The Morgan fingerprint density at radius 2 is 2.12 bits per heavy atom. The normalized spacial score (nSPS) is 26.4. The SMILES string of the molecule is Cc1ccnc(OCC2CCS(=O)(=O)C23CN(C(=O)CC2CC2)C3)n1. The van der Waals surface area contributed by atoms with Gasteiger partial charge in [-0.25, -0.2) is 18.4 Å². The molecule has 7 nitrogen and oxygen atoms in total. The van der Waals surface area contributed by atoms with Crippen molar-refractivity contribution < 1.29 is 17.9 Å². The van der Waals surface area contributed by atoms with Gasteiger partial charge in [-0.3, -0.25) is 4.79 Å². The zero-order chi connectivity index (χ0) is 17.7. The molecule has 1 atom stereocenters. The fourth-order valence-electron chi connectivity index (χ4n) is 3.85. The smallest absolute Gasteiger partial charge is 0.316 e. The van der Waals surface area contributed by atoms with E-state index in [-0.39, 0.29) is 30.2 Å². The summed E-state index contributed by atoms with van der Waals surface area (Å²) < 4.78 is 30.1. The highest BCUT2D eigenvalue weighted by atomic mass is 32.2. The third-order valence-electron chi connectivity index (χ3n) is 5.71. The average Bonchev–Trinajstić information content (AvgIpc) is 3.27. The van der Waals surface area contributed by atoms with Crippen LogP contribution in [0.3, 0.4) is 0 Å². The maximum absolute atomic E-state index is 12.6. The van der Waals surface area contributed by atoms with Crippen molar-refractivity contribution in [3.8, 4) is 6.01 Å². The van der Waals surface area contributed by atoms with Gasteiger partial charge >= 0.3 is 6.01 Å². The molecule has 3 fully saturated rings. The van der Waals surface area contributed by atoms with Crippen molar-refractivity contribution in [3.63, 3.8) is 0 Å². The number of aryl methyl sites for hydroxylation is 1. The third-order valence-corrected chi connectivity index (χ3v) is 8.32. The van der Waals surface area contributed by atoms with E-state index in [1.165, 1.54) is 0 Å². The highest BCUT2D eigenvalue weighted by Gasteiger charge is 2.62. The van der Waals surface area contributed by atoms with Gasteiger partial charge in [-0.15, -0.1) is 0 Å². The van der Waals surface area contributed by atoms with Crippen LogP contribution >= 0.6 is 0 Å². The summed E-state index contributed by atoms with van der Waals surface area (Å²) in [5.41, 5.74) is 0.805. The number of nitrogens with zero attached hydrogens (tertiary/aromatic N) is 3. The van der Waals surface area contributed by atoms with Gasteiger partial charge in [-0.1, -0.05) is 0 Å². The topological polar surface area (TPSA) is 89.5 Å². The predicted octanol–water partition coefficient (Wildman–Crippen LogP) is 0.980. The van der Waals surface area contributed by atoms with E-state index >= 15 is 0 Å². The first-order valence-corrected chi connectivity index (χ1v) is 10.5. The van der Waals surface area contributed by atoms with Crippen LogP contribution in [0.1, 0.15) is 31.4 Å². The Kier molecular flexibility index (Phi) is 3.97. The lowest BCUT2D eigenvalue weighted by molar-refractivity contribution is -0.138. The van der Waals surface area contributed by atoms with Gasteiger partial charge in [0.15, 0.2) is 9.84 Å². The summed E-state index contributed by atoms with van der Waals surface area (Å²) in [5, 5.41) is 0. The molecule has 1 aliphatic carbocycles. The number of hydrogen-bond donors (Lipinski definition) is 0. The van der Waals surface area contributed by atoms with E-state index in [0.29, 0.717) is 31.8 Å². The second kappa shape index (κ2) is 5.93. The van der Waals surface area contributed by atoms with Crippen LogP contribution in [0.25, 0.3) is 0 Å². The van der Waals surface area contributed by atoms with E-state index in [2.05, 4.69) is 9.97 Å². The Bertz CT molecular complexity index is 785. The Morgan fingerprint density at radius 1 is 1.36 bits per heavy atom. The van der Waals surface area contributed by atoms with Crippen LogP contribution in [-0.4, -0.2) is 59.4 Å². The standard InChI is InChI=1S/C17H23N3O4S/c1-12-4-6-18-16(19-12)24-9-14-5-7-25(22,23)17(14)10-20(11-17)15(21)8-13-2-3-13/h4,6,13-14H,2-3,5,7-11H2,1H3. The molecule has 3 heterocycles. The highest BCUT2D eigenvalue weighted by Crippen LogP contribution is 2.45. The first kappa shape index (κ1) is 16.8. The predicted molar refractivity (Wildman–Crippen MR) is 90.8 cm³/mol. The van der Waals surface area contributed by atoms with Crippen LogP contribution in [0.15, 0.2) is 12.3 Å². The van der Waals surface area contributed by atoms with Crippen LogP contribution in [0, 0.1) is 18.8 Å². The van der Waals surface area contributed by atoms with Crippen molar-refractivity contribution >= 4 is 15.7 Å². The molecule has 0 radical (unpaired) electrons. The molecule has 1 spiro atoms. The number of carbonyl (C=O) groups is 1. The molecule has 1 unspecified atom stereocenters. The molecule has 1 amide bonds. The molecule has 0 bridgehead atoms. The van der Waals surface area contributed by atoms with Gasteiger partial charge in [0.1, 0.15) is 4.75 Å². The van der Waals surface area contributed by atoms with E-state index in [9.17, 15) is 13.2 Å². The zero-order valence-corrected chi connectivity index (χ0v) is 15.2. The number of hydrogen-bond acceptors (Lipinski definition) is 6. The van der Waals surface area contributed by atoms with E-state index in [1.807, 2.05) is 6.92 Å². The van der Waals surface area contributed by atoms with E-state index in [4.69, 9.17) is 4.74 Å². The monoisotopic (exact) mass is 365 g/mol. The fourth-order valence-corrected chi connectivity index (χ4v) is 6.25. The molecule has 25 heavy (non-hydrogen) atoms. The van der Waals surface area contributed by atoms with Gasteiger partial charge in [0.25, 0.3) is 0 Å². The van der Waals surface area contributed by atoms with Crippen LogP contribution in [0.5, 0.6) is 6.01 Å². The molecule has 2 saturated heterocycles. The lowest BCUT2D eigenvalue weighted by Crippen LogP contribution is -2.69. The van der Waals surface area contributed by atoms with Crippen molar-refractivity contribution in [2.75, 3.05) is 25.4 Å². The van der Waals surface area contributed by atoms with Gasteiger partial charge in [-0.05, 0) is 38.2 Å². The van der Waals surface area contributed by atoms with Crippen LogP contribution < -0.4 is 4.74 Å². The number of sulfone groups is 1. The molecule has 1 aromatic rings. The lowest BCUT2D eigenvalue weighted by Gasteiger charge is -2.49. The lowest BCUT2D eigenvalue weighted by atomic mass is 9.83. The van der Waals surface area contributed by atoms with Crippen molar-refractivity contribution in [1.29, 1.82) is 0 Å². The number of aromatic nitrogens is 2. The molecule has 1 aromatic heterocycles. The molecule has 3 aliphatic rings. The van der Waals surface area contributed by atoms with Crippen molar-refractivity contribution in [3.05, 3.63) is 18.0 Å². The minimum atomic E-state index is -3.21. The number of amides is 1. The molecule has 136 valence electrons. The van der Waals surface area contributed by atoms with Crippen LogP contribution in [0.2, 0.25) is 0 Å². The molecular formula is C17H23N3O4S. The molecule has 1 saturated carbocycles. The summed E-state index contributed by atoms with van der Waals surface area (Å²) >= 11 is 0. The Morgan fingerprint density at radius 3 is 2.80 bits per heavy atom. The van der Waals surface area contributed by atoms with Gasteiger partial charge in [0.05, 0.1) is 12.4 Å². The zero-order valence-electron chi connectivity index (χ0n) is 14.3. The van der Waals surface area contributed by atoms with Gasteiger partial charge in [0.2, 0.25) is 5.91 Å². The molecule has 8 heteroatoms. The molecule has 0 aromatic carbocycles. The van der Waals surface area contributed by atoms with Crippen LogP contribution in [-0.2, 0) is 14.6 Å². The molecule has 0 N–H and O–H groups in total. The Labute approximate surface area is 147 Å². The van der Waals surface area contributed by atoms with E-state index in [0.717, 1.165) is 18.5 Å². The Hall–Kier alpha value is -1.70. The first-order chi connectivity index (χ1) is 11.9. The first-order valence-electron chi connectivity index (χ1n) is 8.82. The van der Waals surface area contributed by atoms with Crippen molar-refractivity contribution in [2.45, 2.75) is 37.4 Å². The largest absolute Gasteiger partial charge is 0.463 e. The summed E-state index contributed by atoms with van der Waals surface area (Å²) in [4.78, 5) is 22.2. The summed E-state index contributed by atoms with van der Waals surface area (Å²) in [5.74, 6) is 0.658. The molecular weight excluding hydrogens is 342 g/mol. The van der Waals surface area contributed by atoms with Crippen molar-refractivity contribution in [2.24, 2.45) is 11.8 Å². The van der Waals surface area contributed by atoms with Crippen LogP contribution in [0.4, 0.5) is 0 Å². The number of likely N-dealkylation sites (tertiary alicyclic amines) is 1. The number of carbonyl (C=O) groups excluding carboxylic acids is 1. The second-order valence-electron chi connectivity index (χ2n) is 7.56. The van der Waals surface area contributed by atoms with Gasteiger partial charge in [-0.2, -0.15) is 0 Å². The number of ether oxygens (including phenoxy) is 1. The summed E-state index contributed by atoms with van der Waals surface area (Å²) in [6, 6.07) is 2.06. The van der Waals surface area contributed by atoms with Crippen molar-refractivity contribution in [1.82, 2.24) is 14.9 Å². The Balaban J connectivity index is 1.42. The van der Waals surface area contributed by atoms with Gasteiger partial charge in [0, 0.05) is 37.3 Å². The van der Waals surface area contributed by atoms with Gasteiger partial charge < -0.3 is 9.64 Å². The summed E-state index contributed by atoms with van der Waals surface area (Å²) in [6.45, 7) is 2.74. The fraction of sp³-hybridized carbons (Fsp3) is 0.706.